The van der Waals surface area contributed by atoms with Gasteiger partial charge >= 0.3 is 0 Å². The third-order valence-corrected chi connectivity index (χ3v) is 5.06. The minimum absolute atomic E-state index is 0.0426. The lowest BCUT2D eigenvalue weighted by Crippen LogP contribution is -2.25. The second-order valence-electron chi connectivity index (χ2n) is 7.51. The molecular formula is C21H21F2N7O2. The number of nitrogens with zero attached hydrogens (tertiary/aromatic N) is 6. The van der Waals surface area contributed by atoms with Crippen LogP contribution in [0.25, 0.3) is 5.69 Å². The second-order valence-corrected chi connectivity index (χ2v) is 7.51. The number of hydrogen-bond acceptors (Lipinski definition) is 8. The number of nitriles is 1. The molecule has 0 bridgehead atoms. The molecule has 1 aliphatic rings. The van der Waals surface area contributed by atoms with Crippen LogP contribution in [0.2, 0.25) is 0 Å². The summed E-state index contributed by atoms with van der Waals surface area (Å²) >= 11 is 0. The number of halogens is 2. The zero-order valence-corrected chi connectivity index (χ0v) is 17.2. The van der Waals surface area contributed by atoms with Crippen LogP contribution in [0.5, 0.6) is 11.6 Å². The standard InChI is InChI=1S/C21H21F2N7O2/c1-13-27-19(29-5-4-21(22,23)12-29)7-20(28-13)32-18-6-14(8-24)2-3-16(18)30-11-15(10-26-30)17(31)9-25/h2-3,6-7,10-11,17,31H,4-5,9,12,25H2,1H3/t17-/m0/s1. The van der Waals surface area contributed by atoms with E-state index >= 15 is 0 Å². The highest BCUT2D eigenvalue weighted by Gasteiger charge is 2.39. The minimum Gasteiger partial charge on any atom is -0.437 e. The van der Waals surface area contributed by atoms with Crippen molar-refractivity contribution in [2.45, 2.75) is 25.4 Å². The van der Waals surface area contributed by atoms with Crippen molar-refractivity contribution in [3.63, 3.8) is 0 Å². The fourth-order valence-electron chi connectivity index (χ4n) is 3.41. The van der Waals surface area contributed by atoms with Crippen LogP contribution in [0.3, 0.4) is 0 Å². The van der Waals surface area contributed by atoms with Crippen LogP contribution < -0.4 is 15.4 Å². The molecule has 166 valence electrons. The SMILES string of the molecule is Cc1nc(Oc2cc(C#N)ccc2-n2cc([C@@H](O)CN)cn2)cc(N2CCC(F)(F)C2)n1. The van der Waals surface area contributed by atoms with Crippen LogP contribution in [0, 0.1) is 18.3 Å². The second kappa shape index (κ2) is 8.49. The molecule has 1 saturated heterocycles. The quantitative estimate of drug-likeness (QED) is 0.597. The highest BCUT2D eigenvalue weighted by Crippen LogP contribution is 2.33. The lowest BCUT2D eigenvalue weighted by Gasteiger charge is -2.18. The van der Waals surface area contributed by atoms with Crippen LogP contribution in [0.4, 0.5) is 14.6 Å². The number of aromatic nitrogens is 4. The van der Waals surface area contributed by atoms with Gasteiger partial charge in [-0.3, -0.25) is 0 Å². The van der Waals surface area contributed by atoms with Crippen molar-refractivity contribution >= 4 is 5.82 Å². The first-order chi connectivity index (χ1) is 15.3. The van der Waals surface area contributed by atoms with Crippen LogP contribution >= 0.6 is 0 Å². The van der Waals surface area contributed by atoms with E-state index in [2.05, 4.69) is 21.1 Å². The summed E-state index contributed by atoms with van der Waals surface area (Å²) in [6.07, 6.45) is 1.99. The van der Waals surface area contributed by atoms with Gasteiger partial charge in [0, 0.05) is 43.4 Å². The summed E-state index contributed by atoms with van der Waals surface area (Å²) in [6, 6.07) is 8.32. The van der Waals surface area contributed by atoms with E-state index in [1.165, 1.54) is 27.9 Å². The van der Waals surface area contributed by atoms with Crippen molar-refractivity contribution in [2.75, 3.05) is 24.5 Å². The molecule has 1 fully saturated rings. The number of nitrogens with two attached hydrogens (primary N) is 1. The molecule has 0 aliphatic carbocycles. The number of alkyl halides is 2. The predicted molar refractivity (Wildman–Crippen MR) is 111 cm³/mol. The molecule has 1 aliphatic heterocycles. The molecule has 1 atom stereocenters. The maximum Gasteiger partial charge on any atom is 0.266 e. The molecule has 11 heteroatoms. The van der Waals surface area contributed by atoms with Gasteiger partial charge in [0.2, 0.25) is 5.88 Å². The summed E-state index contributed by atoms with van der Waals surface area (Å²) in [5, 5.41) is 23.5. The number of aliphatic hydroxyl groups is 1. The molecule has 3 N–H and O–H groups in total. The molecule has 3 aromatic rings. The lowest BCUT2D eigenvalue weighted by atomic mass is 10.2. The van der Waals surface area contributed by atoms with Crippen LogP contribution in [0.1, 0.15) is 29.5 Å². The Kier molecular flexibility index (Phi) is 5.73. The fourth-order valence-corrected chi connectivity index (χ4v) is 3.41. The van der Waals surface area contributed by atoms with Crippen molar-refractivity contribution < 1.29 is 18.6 Å². The van der Waals surface area contributed by atoms with Crippen LogP contribution in [-0.2, 0) is 0 Å². The fraction of sp³-hybridized carbons (Fsp3) is 0.333. The van der Waals surface area contributed by atoms with Gasteiger partial charge in [0.05, 0.1) is 30.5 Å². The number of anilines is 1. The van der Waals surface area contributed by atoms with E-state index in [1.54, 1.807) is 25.3 Å². The van der Waals surface area contributed by atoms with Gasteiger partial charge in [0.1, 0.15) is 17.3 Å². The molecule has 32 heavy (non-hydrogen) atoms. The molecule has 9 nitrogen and oxygen atoms in total. The Morgan fingerprint density at radius 3 is 2.84 bits per heavy atom. The summed E-state index contributed by atoms with van der Waals surface area (Å²) in [5.74, 6) is -1.64. The van der Waals surface area contributed by atoms with Gasteiger partial charge in [-0.05, 0) is 19.1 Å². The van der Waals surface area contributed by atoms with Gasteiger partial charge < -0.3 is 20.5 Å². The Bertz CT molecular complexity index is 1180. The van der Waals surface area contributed by atoms with E-state index in [-0.39, 0.29) is 31.1 Å². The average Bonchev–Trinajstić information content (AvgIpc) is 3.39. The van der Waals surface area contributed by atoms with Gasteiger partial charge in [0.15, 0.2) is 5.75 Å². The summed E-state index contributed by atoms with van der Waals surface area (Å²) in [7, 11) is 0. The van der Waals surface area contributed by atoms with E-state index in [0.717, 1.165) is 0 Å². The Hall–Kier alpha value is -3.62. The molecule has 0 saturated carbocycles. The highest BCUT2D eigenvalue weighted by molar-refractivity contribution is 5.53. The summed E-state index contributed by atoms with van der Waals surface area (Å²) in [6.45, 7) is 1.45. The number of benzene rings is 1. The molecule has 1 aromatic carbocycles. The number of aliphatic hydroxyl groups excluding tert-OH is 1. The maximum absolute atomic E-state index is 13.7. The van der Waals surface area contributed by atoms with E-state index < -0.39 is 18.6 Å². The first-order valence-electron chi connectivity index (χ1n) is 9.91. The number of rotatable bonds is 6. The monoisotopic (exact) mass is 441 g/mol. The van der Waals surface area contributed by atoms with Crippen molar-refractivity contribution in [3.8, 4) is 23.4 Å². The highest BCUT2D eigenvalue weighted by atomic mass is 19.3. The van der Waals surface area contributed by atoms with E-state index in [9.17, 15) is 19.1 Å². The Labute approximate surface area is 182 Å². The molecule has 0 radical (unpaired) electrons. The number of aryl methyl sites for hydroxylation is 1. The van der Waals surface area contributed by atoms with Crippen LogP contribution in [-0.4, -0.2) is 50.4 Å². The Morgan fingerprint density at radius 1 is 1.34 bits per heavy atom. The lowest BCUT2D eigenvalue weighted by molar-refractivity contribution is 0.0256. The van der Waals surface area contributed by atoms with E-state index in [4.69, 9.17) is 10.5 Å². The first-order valence-corrected chi connectivity index (χ1v) is 9.91. The van der Waals surface area contributed by atoms with Gasteiger partial charge in [-0.25, -0.2) is 18.4 Å². The average molecular weight is 441 g/mol. The molecule has 0 spiro atoms. The largest absolute Gasteiger partial charge is 0.437 e. The summed E-state index contributed by atoms with van der Waals surface area (Å²) < 4.78 is 34.8. The van der Waals surface area contributed by atoms with Gasteiger partial charge in [-0.1, -0.05) is 0 Å². The van der Waals surface area contributed by atoms with Crippen molar-refractivity contribution in [3.05, 3.63) is 53.6 Å². The van der Waals surface area contributed by atoms with Crippen molar-refractivity contribution in [1.82, 2.24) is 19.7 Å². The number of hydrogen-bond donors (Lipinski definition) is 2. The molecular weight excluding hydrogens is 420 g/mol. The Morgan fingerprint density at radius 2 is 2.16 bits per heavy atom. The van der Waals surface area contributed by atoms with Gasteiger partial charge in [-0.15, -0.1) is 0 Å². The zero-order valence-electron chi connectivity index (χ0n) is 17.2. The smallest absolute Gasteiger partial charge is 0.266 e. The van der Waals surface area contributed by atoms with Crippen molar-refractivity contribution in [1.29, 1.82) is 5.26 Å². The van der Waals surface area contributed by atoms with Crippen molar-refractivity contribution in [2.24, 2.45) is 5.73 Å². The number of ether oxygens (including phenoxy) is 1. The third kappa shape index (κ3) is 4.51. The minimum atomic E-state index is -2.76. The summed E-state index contributed by atoms with van der Waals surface area (Å²) in [5.41, 5.74) is 6.87. The van der Waals surface area contributed by atoms with Gasteiger partial charge in [-0.2, -0.15) is 15.3 Å². The normalized spacial score (nSPS) is 16.1. The van der Waals surface area contributed by atoms with E-state index in [1.807, 2.05) is 0 Å². The Balaban J connectivity index is 1.68. The molecule has 0 amide bonds. The molecule has 4 rings (SSSR count). The van der Waals surface area contributed by atoms with Gasteiger partial charge in [0.25, 0.3) is 5.92 Å². The summed E-state index contributed by atoms with van der Waals surface area (Å²) in [4.78, 5) is 10.0. The molecule has 3 heterocycles. The van der Waals surface area contributed by atoms with Crippen LogP contribution in [0.15, 0.2) is 36.7 Å². The first kappa shape index (κ1) is 21.6. The maximum atomic E-state index is 13.7. The topological polar surface area (TPSA) is 126 Å². The van der Waals surface area contributed by atoms with E-state index in [0.29, 0.717) is 28.5 Å². The zero-order chi connectivity index (χ0) is 22.9. The molecule has 2 aromatic heterocycles. The molecule has 0 unspecified atom stereocenters. The third-order valence-electron chi connectivity index (χ3n) is 5.06. The predicted octanol–water partition coefficient (Wildman–Crippen LogP) is 2.47.